The molecule has 0 aliphatic carbocycles. The van der Waals surface area contributed by atoms with Crippen LogP contribution >= 0.6 is 0 Å². The highest BCUT2D eigenvalue weighted by atomic mass is 32.2. The highest BCUT2D eigenvalue weighted by Gasteiger charge is 2.42. The van der Waals surface area contributed by atoms with Crippen molar-refractivity contribution >= 4 is 10.2 Å². The van der Waals surface area contributed by atoms with Gasteiger partial charge in [0.15, 0.2) is 0 Å². The second-order valence-electron chi connectivity index (χ2n) is 5.90. The molecule has 2 heterocycles. The SMILES string of the molecule is CCC1CCC(C)N1S(=O)(=O)N1CCC(CN)CC1. The van der Waals surface area contributed by atoms with Crippen LogP contribution < -0.4 is 5.73 Å². The van der Waals surface area contributed by atoms with Gasteiger partial charge >= 0.3 is 0 Å². The lowest BCUT2D eigenvalue weighted by Gasteiger charge is -2.36. The van der Waals surface area contributed by atoms with Gasteiger partial charge < -0.3 is 5.73 Å². The molecule has 2 N–H and O–H groups in total. The fourth-order valence-electron chi connectivity index (χ4n) is 3.36. The van der Waals surface area contributed by atoms with Crippen molar-refractivity contribution in [3.63, 3.8) is 0 Å². The number of nitrogens with two attached hydrogens (primary N) is 1. The molecule has 0 aromatic rings. The fraction of sp³-hybridized carbons (Fsp3) is 1.00. The van der Waals surface area contributed by atoms with E-state index in [1.165, 1.54) is 0 Å². The predicted molar refractivity (Wildman–Crippen MR) is 76.9 cm³/mol. The normalized spacial score (nSPS) is 31.9. The molecule has 0 bridgehead atoms. The topological polar surface area (TPSA) is 66.6 Å². The Kier molecular flexibility index (Phi) is 4.87. The van der Waals surface area contributed by atoms with Crippen molar-refractivity contribution in [2.24, 2.45) is 11.7 Å². The predicted octanol–water partition coefficient (Wildman–Crippen LogP) is 1.16. The standard InChI is InChI=1S/C13H27N3O2S/c1-3-13-5-4-11(2)16(13)19(17,18)15-8-6-12(10-14)7-9-15/h11-13H,3-10,14H2,1-2H3. The summed E-state index contributed by atoms with van der Waals surface area (Å²) in [6, 6.07) is 0.328. The first kappa shape index (κ1) is 15.2. The van der Waals surface area contributed by atoms with Gasteiger partial charge in [0.05, 0.1) is 0 Å². The summed E-state index contributed by atoms with van der Waals surface area (Å²) in [5.41, 5.74) is 5.67. The van der Waals surface area contributed by atoms with Gasteiger partial charge in [-0.25, -0.2) is 0 Å². The molecule has 0 amide bonds. The molecule has 0 aromatic heterocycles. The van der Waals surface area contributed by atoms with E-state index < -0.39 is 10.2 Å². The maximum Gasteiger partial charge on any atom is 0.282 e. The van der Waals surface area contributed by atoms with Gasteiger partial charge in [-0.2, -0.15) is 17.0 Å². The van der Waals surface area contributed by atoms with Gasteiger partial charge in [-0.3, -0.25) is 0 Å². The summed E-state index contributed by atoms with van der Waals surface area (Å²) >= 11 is 0. The van der Waals surface area contributed by atoms with E-state index in [0.29, 0.717) is 25.6 Å². The van der Waals surface area contributed by atoms with E-state index in [1.54, 1.807) is 8.61 Å². The first-order valence-electron chi connectivity index (χ1n) is 7.49. The van der Waals surface area contributed by atoms with Gasteiger partial charge in [-0.1, -0.05) is 6.92 Å². The first-order chi connectivity index (χ1) is 9.00. The van der Waals surface area contributed by atoms with E-state index in [4.69, 9.17) is 5.73 Å². The van der Waals surface area contributed by atoms with Crippen LogP contribution in [-0.4, -0.2) is 48.7 Å². The molecule has 19 heavy (non-hydrogen) atoms. The minimum Gasteiger partial charge on any atom is -0.330 e. The summed E-state index contributed by atoms with van der Waals surface area (Å²) in [4.78, 5) is 0. The van der Waals surface area contributed by atoms with Gasteiger partial charge in [0, 0.05) is 25.2 Å². The van der Waals surface area contributed by atoms with E-state index in [0.717, 1.165) is 32.1 Å². The largest absolute Gasteiger partial charge is 0.330 e. The minimum atomic E-state index is -3.28. The zero-order chi connectivity index (χ0) is 14.0. The molecule has 6 heteroatoms. The van der Waals surface area contributed by atoms with Crippen LogP contribution in [0.25, 0.3) is 0 Å². The maximum atomic E-state index is 12.8. The van der Waals surface area contributed by atoms with E-state index in [2.05, 4.69) is 6.92 Å². The Morgan fingerprint density at radius 1 is 1.16 bits per heavy atom. The summed E-state index contributed by atoms with van der Waals surface area (Å²) in [7, 11) is -3.28. The van der Waals surface area contributed by atoms with Crippen LogP contribution in [0.4, 0.5) is 0 Å². The molecular weight excluding hydrogens is 262 g/mol. The van der Waals surface area contributed by atoms with Crippen molar-refractivity contribution < 1.29 is 8.42 Å². The third-order valence-corrected chi connectivity index (χ3v) is 6.89. The first-order valence-corrected chi connectivity index (χ1v) is 8.89. The van der Waals surface area contributed by atoms with Crippen LogP contribution in [0.15, 0.2) is 0 Å². The quantitative estimate of drug-likeness (QED) is 0.844. The monoisotopic (exact) mass is 289 g/mol. The van der Waals surface area contributed by atoms with Gasteiger partial charge in [-0.05, 0) is 51.5 Å². The van der Waals surface area contributed by atoms with Crippen LogP contribution in [0.5, 0.6) is 0 Å². The van der Waals surface area contributed by atoms with E-state index >= 15 is 0 Å². The molecule has 2 aliphatic heterocycles. The summed E-state index contributed by atoms with van der Waals surface area (Å²) in [6.45, 7) is 6.03. The van der Waals surface area contributed by atoms with Crippen molar-refractivity contribution in [2.75, 3.05) is 19.6 Å². The van der Waals surface area contributed by atoms with Crippen LogP contribution in [0, 0.1) is 5.92 Å². The molecule has 2 saturated heterocycles. The summed E-state index contributed by atoms with van der Waals surface area (Å²) in [6.07, 6.45) is 4.68. The lowest BCUT2D eigenvalue weighted by molar-refractivity contribution is 0.240. The van der Waals surface area contributed by atoms with Crippen LogP contribution in [0.3, 0.4) is 0 Å². The average molecular weight is 289 g/mol. The van der Waals surface area contributed by atoms with Gasteiger partial charge in [0.1, 0.15) is 0 Å². The minimum absolute atomic E-state index is 0.141. The molecular formula is C13H27N3O2S. The Morgan fingerprint density at radius 3 is 2.32 bits per heavy atom. The maximum absolute atomic E-state index is 12.8. The van der Waals surface area contributed by atoms with Crippen molar-refractivity contribution in [3.05, 3.63) is 0 Å². The second kappa shape index (κ2) is 6.08. The number of hydrogen-bond acceptors (Lipinski definition) is 3. The smallest absolute Gasteiger partial charge is 0.282 e. The van der Waals surface area contributed by atoms with Gasteiger partial charge in [0.25, 0.3) is 10.2 Å². The Morgan fingerprint density at radius 2 is 1.79 bits per heavy atom. The Hall–Kier alpha value is -0.170. The zero-order valence-electron chi connectivity index (χ0n) is 12.1. The van der Waals surface area contributed by atoms with E-state index in [-0.39, 0.29) is 12.1 Å². The molecule has 2 atom stereocenters. The van der Waals surface area contributed by atoms with Crippen LogP contribution in [0.2, 0.25) is 0 Å². The molecule has 112 valence electrons. The zero-order valence-corrected chi connectivity index (χ0v) is 12.9. The molecule has 0 aromatic carbocycles. The highest BCUT2D eigenvalue weighted by molar-refractivity contribution is 7.86. The number of hydrogen-bond donors (Lipinski definition) is 1. The molecule has 0 radical (unpaired) electrons. The second-order valence-corrected chi connectivity index (χ2v) is 7.74. The highest BCUT2D eigenvalue weighted by Crippen LogP contribution is 2.32. The van der Waals surface area contributed by atoms with Crippen molar-refractivity contribution in [2.45, 2.75) is 58.0 Å². The Labute approximate surface area is 117 Å². The number of rotatable bonds is 4. The van der Waals surface area contributed by atoms with Crippen molar-refractivity contribution in [3.8, 4) is 0 Å². The lowest BCUT2D eigenvalue weighted by atomic mass is 9.99. The molecule has 0 spiro atoms. The molecule has 2 aliphatic rings. The number of piperidine rings is 1. The van der Waals surface area contributed by atoms with Crippen molar-refractivity contribution in [1.29, 1.82) is 0 Å². The Balaban J connectivity index is 2.09. The molecule has 2 unspecified atom stereocenters. The van der Waals surface area contributed by atoms with Crippen molar-refractivity contribution in [1.82, 2.24) is 8.61 Å². The van der Waals surface area contributed by atoms with E-state index in [1.807, 2.05) is 6.92 Å². The molecule has 5 nitrogen and oxygen atoms in total. The summed E-state index contributed by atoms with van der Waals surface area (Å²) in [5.74, 6) is 0.490. The van der Waals surface area contributed by atoms with Crippen LogP contribution in [-0.2, 0) is 10.2 Å². The summed E-state index contributed by atoms with van der Waals surface area (Å²) < 4.78 is 29.0. The van der Waals surface area contributed by atoms with Gasteiger partial charge in [0.2, 0.25) is 0 Å². The number of nitrogens with zero attached hydrogens (tertiary/aromatic N) is 2. The third kappa shape index (κ3) is 2.96. The van der Waals surface area contributed by atoms with Crippen LogP contribution in [0.1, 0.15) is 46.0 Å². The average Bonchev–Trinajstić information content (AvgIpc) is 2.80. The Bertz CT molecular complexity index is 391. The summed E-state index contributed by atoms with van der Waals surface area (Å²) in [5, 5.41) is 0. The molecule has 2 rings (SSSR count). The lowest BCUT2D eigenvalue weighted by Crippen LogP contribution is -2.51. The molecule has 0 saturated carbocycles. The van der Waals surface area contributed by atoms with E-state index in [9.17, 15) is 8.42 Å². The van der Waals surface area contributed by atoms with Gasteiger partial charge in [-0.15, -0.1) is 0 Å². The fourth-order valence-corrected chi connectivity index (χ4v) is 5.49. The third-order valence-electron chi connectivity index (χ3n) is 4.68. The molecule has 2 fully saturated rings.